The molecule has 224 valence electrons. The third-order valence-electron chi connectivity index (χ3n) is 8.22. The van der Waals surface area contributed by atoms with Crippen LogP contribution < -0.4 is 10.1 Å². The van der Waals surface area contributed by atoms with Crippen molar-refractivity contribution < 1.29 is 58.2 Å². The lowest BCUT2D eigenvalue weighted by molar-refractivity contribution is -0.249. The second-order valence-electron chi connectivity index (χ2n) is 10.8. The largest absolute Gasteiger partial charge is 0.507 e. The molecular formula is C29H30FNO11. The van der Waals surface area contributed by atoms with Gasteiger partial charge < -0.3 is 40.0 Å². The first-order valence-electron chi connectivity index (χ1n) is 13.3. The Morgan fingerprint density at radius 1 is 1.14 bits per heavy atom. The van der Waals surface area contributed by atoms with E-state index < -0.39 is 102 Å². The molecule has 1 aliphatic heterocycles. The van der Waals surface area contributed by atoms with E-state index in [9.17, 15) is 44.0 Å². The summed E-state index contributed by atoms with van der Waals surface area (Å²) in [5.74, 6) is -4.51. The van der Waals surface area contributed by atoms with Crippen molar-refractivity contribution >= 4 is 23.3 Å². The molecule has 1 heterocycles. The zero-order valence-corrected chi connectivity index (χ0v) is 23.0. The minimum absolute atomic E-state index is 0.0588. The number of ether oxygens (including phenoxy) is 3. The monoisotopic (exact) mass is 587 g/mol. The number of carbonyl (C=O) groups is 4. The van der Waals surface area contributed by atoms with Crippen LogP contribution in [0.4, 0.5) is 4.39 Å². The Kier molecular flexibility index (Phi) is 7.56. The lowest BCUT2D eigenvalue weighted by Crippen LogP contribution is -2.56. The van der Waals surface area contributed by atoms with Crippen LogP contribution in [0.2, 0.25) is 0 Å². The van der Waals surface area contributed by atoms with Crippen molar-refractivity contribution in [1.29, 1.82) is 0 Å². The molecule has 5 N–H and O–H groups in total. The van der Waals surface area contributed by atoms with E-state index in [1.54, 1.807) is 0 Å². The Labute approximate surface area is 239 Å². The molecule has 0 saturated carbocycles. The van der Waals surface area contributed by atoms with Gasteiger partial charge in [0.2, 0.25) is 5.78 Å². The van der Waals surface area contributed by atoms with Crippen LogP contribution in [0.3, 0.4) is 0 Å². The van der Waals surface area contributed by atoms with Gasteiger partial charge in [0.05, 0.1) is 42.0 Å². The molecule has 4 unspecified atom stereocenters. The van der Waals surface area contributed by atoms with E-state index in [4.69, 9.17) is 14.2 Å². The van der Waals surface area contributed by atoms with Gasteiger partial charge in [-0.3, -0.25) is 19.2 Å². The summed E-state index contributed by atoms with van der Waals surface area (Å²) < 4.78 is 29.9. The summed E-state index contributed by atoms with van der Waals surface area (Å²) in [6.45, 7) is 1.31. The van der Waals surface area contributed by atoms with E-state index in [0.717, 1.165) is 6.92 Å². The van der Waals surface area contributed by atoms with Crippen LogP contribution in [0.1, 0.15) is 75.8 Å². The van der Waals surface area contributed by atoms with Gasteiger partial charge in [-0.2, -0.15) is 0 Å². The highest BCUT2D eigenvalue weighted by Gasteiger charge is 2.49. The van der Waals surface area contributed by atoms with Gasteiger partial charge in [-0.1, -0.05) is 12.1 Å². The van der Waals surface area contributed by atoms with E-state index in [0.29, 0.717) is 0 Å². The van der Waals surface area contributed by atoms with Crippen LogP contribution in [-0.2, 0) is 25.5 Å². The Balaban J connectivity index is 1.62. The third kappa shape index (κ3) is 4.62. The molecule has 0 bridgehead atoms. The molecule has 6 atom stereocenters. The van der Waals surface area contributed by atoms with E-state index in [1.165, 1.54) is 32.2 Å². The predicted molar refractivity (Wildman–Crippen MR) is 140 cm³/mol. The van der Waals surface area contributed by atoms with Crippen molar-refractivity contribution in [2.24, 2.45) is 0 Å². The van der Waals surface area contributed by atoms with E-state index >= 15 is 0 Å². The Morgan fingerprint density at radius 3 is 2.48 bits per heavy atom. The van der Waals surface area contributed by atoms with Gasteiger partial charge in [0.1, 0.15) is 29.0 Å². The normalized spacial score (nSPS) is 28.4. The summed E-state index contributed by atoms with van der Waals surface area (Å²) in [6.07, 6.45) is -5.80. The number of methoxy groups -OCH3 is 1. The van der Waals surface area contributed by atoms with Gasteiger partial charge in [-0.15, -0.1) is 0 Å². The van der Waals surface area contributed by atoms with Crippen molar-refractivity contribution in [2.45, 2.75) is 69.4 Å². The number of phenols is 2. The van der Waals surface area contributed by atoms with Gasteiger partial charge in [0, 0.05) is 36.0 Å². The van der Waals surface area contributed by atoms with Gasteiger partial charge >= 0.3 is 0 Å². The zero-order valence-electron chi connectivity index (χ0n) is 23.0. The minimum atomic E-state index is -2.10. The maximum absolute atomic E-state index is 13.7. The molecular weight excluding hydrogens is 557 g/mol. The van der Waals surface area contributed by atoms with Crippen molar-refractivity contribution in [2.75, 3.05) is 13.8 Å². The number of hydrogen-bond acceptors (Lipinski definition) is 11. The van der Waals surface area contributed by atoms with Crippen molar-refractivity contribution in [3.8, 4) is 17.2 Å². The Bertz CT molecular complexity index is 1510. The van der Waals surface area contributed by atoms with Crippen molar-refractivity contribution in [3.63, 3.8) is 0 Å². The standard InChI is InChI=1S/C29H30FNO11/c1-11-24(34)15(31-18(33)10-30)7-19(41-11)42-17-9-29(39,12(2)32)8-14-21(17)28(38)23-22(26(14)36)25(35)13-5-4-6-16(40-3)20(13)27(23)37/h4-6,11,15,17,19,24,34,36,38-39H,7-10H2,1-3H3,(H,31,33)/t11?,15?,17-,19?,24?,29-/m0/s1. The number of carbonyl (C=O) groups excluding carboxylic acids is 4. The zero-order chi connectivity index (χ0) is 30.7. The van der Waals surface area contributed by atoms with E-state index in [-0.39, 0.29) is 34.4 Å². The fourth-order valence-electron chi connectivity index (χ4n) is 6.01. The highest BCUT2D eigenvalue weighted by atomic mass is 19.1. The lowest BCUT2D eigenvalue weighted by atomic mass is 9.72. The van der Waals surface area contributed by atoms with Crippen LogP contribution >= 0.6 is 0 Å². The number of aliphatic hydroxyl groups excluding tert-OH is 1. The van der Waals surface area contributed by atoms with Crippen LogP contribution in [0, 0.1) is 0 Å². The second-order valence-corrected chi connectivity index (χ2v) is 10.8. The average molecular weight is 588 g/mol. The molecule has 2 aliphatic carbocycles. The second kappa shape index (κ2) is 10.7. The lowest BCUT2D eigenvalue weighted by Gasteiger charge is -2.42. The van der Waals surface area contributed by atoms with Crippen LogP contribution in [0.5, 0.6) is 17.2 Å². The smallest absolute Gasteiger partial charge is 0.251 e. The molecule has 0 radical (unpaired) electrons. The molecule has 0 spiro atoms. The minimum Gasteiger partial charge on any atom is -0.507 e. The van der Waals surface area contributed by atoms with Crippen LogP contribution in [-0.4, -0.2) is 87.6 Å². The summed E-state index contributed by atoms with van der Waals surface area (Å²) >= 11 is 0. The summed E-state index contributed by atoms with van der Waals surface area (Å²) in [7, 11) is 1.31. The number of hydrogen-bond donors (Lipinski definition) is 5. The molecule has 12 nitrogen and oxygen atoms in total. The Hall–Kier alpha value is -3.91. The summed E-state index contributed by atoms with van der Waals surface area (Å²) in [5, 5.41) is 47.0. The molecule has 1 saturated heterocycles. The maximum atomic E-state index is 13.7. The van der Waals surface area contributed by atoms with Gasteiger partial charge in [0.15, 0.2) is 24.5 Å². The van der Waals surface area contributed by atoms with Crippen molar-refractivity contribution in [1.82, 2.24) is 5.32 Å². The number of fused-ring (bicyclic) bond motifs is 3. The van der Waals surface area contributed by atoms with Crippen LogP contribution in [0.25, 0.3) is 0 Å². The first-order chi connectivity index (χ1) is 19.8. The van der Waals surface area contributed by atoms with E-state index in [2.05, 4.69) is 5.32 Å². The Morgan fingerprint density at radius 2 is 1.83 bits per heavy atom. The third-order valence-corrected chi connectivity index (χ3v) is 8.22. The number of alkyl halides is 1. The fourth-order valence-corrected chi connectivity index (χ4v) is 6.01. The molecule has 5 rings (SSSR count). The predicted octanol–water partition coefficient (Wildman–Crippen LogP) is 1.16. The van der Waals surface area contributed by atoms with Gasteiger partial charge in [-0.25, -0.2) is 4.39 Å². The number of ketones is 3. The first kappa shape index (κ1) is 29.6. The summed E-state index contributed by atoms with van der Waals surface area (Å²) in [4.78, 5) is 51.5. The topological polar surface area (TPSA) is 189 Å². The molecule has 13 heteroatoms. The van der Waals surface area contributed by atoms with Gasteiger partial charge in [0.25, 0.3) is 5.91 Å². The SMILES string of the molecule is COc1cccc2c1C(=O)c1c(O)c3c(c(O)c1C2=O)C[C@@](O)(C(C)=O)C[C@@H]3OC1CC(NC(=O)CF)C(O)C(C)O1. The quantitative estimate of drug-likeness (QED) is 0.260. The summed E-state index contributed by atoms with van der Waals surface area (Å²) in [6, 6.07) is 3.36. The molecule has 1 fully saturated rings. The highest BCUT2D eigenvalue weighted by molar-refractivity contribution is 6.31. The average Bonchev–Trinajstić information content (AvgIpc) is 2.95. The number of amides is 1. The molecule has 1 amide bonds. The highest BCUT2D eigenvalue weighted by Crippen LogP contribution is 2.52. The molecule has 3 aliphatic rings. The molecule has 0 aromatic heterocycles. The number of aromatic hydroxyl groups is 2. The number of phenolic OH excluding ortho intramolecular Hbond substituents is 2. The maximum Gasteiger partial charge on any atom is 0.251 e. The van der Waals surface area contributed by atoms with Crippen LogP contribution in [0.15, 0.2) is 18.2 Å². The number of Topliss-reactive ketones (excluding diaryl/α,β-unsaturated/α-hetero) is 1. The van der Waals surface area contributed by atoms with E-state index in [1.807, 2.05) is 0 Å². The number of benzene rings is 2. The van der Waals surface area contributed by atoms with Gasteiger partial charge in [-0.05, 0) is 19.9 Å². The molecule has 2 aromatic rings. The number of nitrogens with one attached hydrogen (secondary N) is 1. The molecule has 2 aromatic carbocycles. The first-order valence-corrected chi connectivity index (χ1v) is 13.3. The number of aliphatic hydroxyl groups is 2. The number of rotatable bonds is 6. The fraction of sp³-hybridized carbons (Fsp3) is 0.448. The van der Waals surface area contributed by atoms with Crippen molar-refractivity contribution in [3.05, 3.63) is 51.6 Å². The number of halogens is 1. The summed E-state index contributed by atoms with van der Waals surface area (Å²) in [5.41, 5.74) is -3.54. The molecule has 42 heavy (non-hydrogen) atoms.